The van der Waals surface area contributed by atoms with Crippen molar-refractivity contribution in [1.82, 2.24) is 10.3 Å². The average Bonchev–Trinajstić information content (AvgIpc) is 2.65. The van der Waals surface area contributed by atoms with Gasteiger partial charge >= 0.3 is 0 Å². The maximum Gasteiger partial charge on any atom is 0.211 e. The van der Waals surface area contributed by atoms with Gasteiger partial charge in [-0.25, -0.2) is 9.98 Å². The van der Waals surface area contributed by atoms with E-state index in [1.165, 1.54) is 7.11 Å². The van der Waals surface area contributed by atoms with Crippen LogP contribution in [-0.2, 0) is 0 Å². The van der Waals surface area contributed by atoms with Gasteiger partial charge in [0, 0.05) is 16.7 Å². The van der Waals surface area contributed by atoms with E-state index in [0.29, 0.717) is 28.0 Å². The second-order valence-corrected chi connectivity index (χ2v) is 6.18. The van der Waals surface area contributed by atoms with E-state index in [1.54, 1.807) is 26.1 Å². The van der Waals surface area contributed by atoms with Crippen LogP contribution in [0.25, 0.3) is 0 Å². The van der Waals surface area contributed by atoms with Crippen molar-refractivity contribution in [3.8, 4) is 23.8 Å². The van der Waals surface area contributed by atoms with Crippen LogP contribution in [0.5, 0.6) is 11.5 Å². The molecule has 10 heteroatoms. The number of pyridine rings is 1. The first-order valence-corrected chi connectivity index (χ1v) is 8.19. The first-order chi connectivity index (χ1) is 13.3. The zero-order valence-corrected chi connectivity index (χ0v) is 15.5. The Morgan fingerprint density at radius 3 is 2.61 bits per heavy atom. The highest BCUT2D eigenvalue weighted by Gasteiger charge is 2.33. The number of aromatic hydroxyl groups is 1. The number of phenolic OH excluding ortho intramolecular Hbond substituents is 1. The van der Waals surface area contributed by atoms with Gasteiger partial charge in [-0.1, -0.05) is 0 Å². The maximum absolute atomic E-state index is 10.8. The maximum atomic E-state index is 10.8. The number of aliphatic imine (C=N–C) groups is 1. The number of rotatable bonds is 2. The molecule has 2 aromatic rings. The van der Waals surface area contributed by atoms with Crippen LogP contribution in [0.3, 0.4) is 0 Å². The normalized spacial score (nSPS) is 14.8. The number of benzene rings is 1. The summed E-state index contributed by atoms with van der Waals surface area (Å²) in [4.78, 5) is 8.67. The molecule has 1 atom stereocenters. The van der Waals surface area contributed by atoms with E-state index in [4.69, 9.17) is 21.5 Å². The molecule has 3 rings (SSSR count). The van der Waals surface area contributed by atoms with Crippen molar-refractivity contribution >= 4 is 23.3 Å². The van der Waals surface area contributed by atoms with Gasteiger partial charge in [0.15, 0.2) is 6.19 Å². The third-order valence-corrected chi connectivity index (χ3v) is 4.60. The van der Waals surface area contributed by atoms with E-state index in [-0.39, 0.29) is 34.6 Å². The van der Waals surface area contributed by atoms with Crippen molar-refractivity contribution in [2.24, 2.45) is 4.99 Å². The molecular weight excluding hydrogens is 360 g/mol. The summed E-state index contributed by atoms with van der Waals surface area (Å²) in [6.45, 7) is 3.50. The highest BCUT2D eigenvalue weighted by molar-refractivity contribution is 5.98. The summed E-state index contributed by atoms with van der Waals surface area (Å²) in [7, 11) is 1.52. The predicted octanol–water partition coefficient (Wildman–Crippen LogP) is 1.39. The smallest absolute Gasteiger partial charge is 0.211 e. The zero-order chi connectivity index (χ0) is 20.6. The van der Waals surface area contributed by atoms with E-state index in [2.05, 4.69) is 20.6 Å². The van der Waals surface area contributed by atoms with E-state index < -0.39 is 6.04 Å². The minimum atomic E-state index is -0.846. The molecular formula is C18H18N8O2. The second kappa shape index (κ2) is 6.85. The molecule has 0 bridgehead atoms. The van der Waals surface area contributed by atoms with Gasteiger partial charge in [0.05, 0.1) is 12.8 Å². The number of aryl methyl sites for hydroxylation is 1. The summed E-state index contributed by atoms with van der Waals surface area (Å²) in [5.74, 6) is 0.857. The van der Waals surface area contributed by atoms with E-state index in [9.17, 15) is 10.4 Å². The molecule has 0 fully saturated rings. The Balaban J connectivity index is 2.38. The summed E-state index contributed by atoms with van der Waals surface area (Å²) in [6.07, 6.45) is 1.78. The number of nitrogens with two attached hydrogens (primary N) is 2. The molecule has 10 nitrogen and oxygen atoms in total. The molecule has 2 heterocycles. The van der Waals surface area contributed by atoms with Crippen LogP contribution in [0.2, 0.25) is 0 Å². The minimum Gasteiger partial charge on any atom is -0.507 e. The van der Waals surface area contributed by atoms with E-state index in [0.717, 1.165) is 0 Å². The lowest BCUT2D eigenvalue weighted by Crippen LogP contribution is -2.33. The summed E-state index contributed by atoms with van der Waals surface area (Å²) < 4.78 is 5.41. The first kappa shape index (κ1) is 18.6. The lowest BCUT2D eigenvalue weighted by molar-refractivity contribution is 0.405. The van der Waals surface area contributed by atoms with Crippen LogP contribution in [0.1, 0.15) is 33.9 Å². The standard InChI is InChI=1S/C18H18N8O2/c1-7-4-10(28-3)8(2)11(15(7)27)14-12-13(21)9(5-19)16(22)25-17(12)26-18(24-14)23-6-20/h4,14,27H,1-3H3,(H6,21,22,23,24,25,26). The molecule has 0 radical (unpaired) electrons. The Bertz CT molecular complexity index is 1090. The van der Waals surface area contributed by atoms with Crippen LogP contribution in [0.15, 0.2) is 11.1 Å². The van der Waals surface area contributed by atoms with Crippen molar-refractivity contribution in [3.63, 3.8) is 0 Å². The molecule has 0 spiro atoms. The summed E-state index contributed by atoms with van der Waals surface area (Å²) in [6, 6.07) is 2.80. The lowest BCUT2D eigenvalue weighted by Gasteiger charge is -2.28. The molecule has 0 aliphatic carbocycles. The van der Waals surface area contributed by atoms with Crippen LogP contribution in [-0.4, -0.2) is 23.2 Å². The van der Waals surface area contributed by atoms with Gasteiger partial charge in [0.2, 0.25) is 5.96 Å². The number of nitriles is 2. The fourth-order valence-corrected chi connectivity index (χ4v) is 3.23. The number of guanidine groups is 1. The van der Waals surface area contributed by atoms with E-state index in [1.807, 2.05) is 6.07 Å². The highest BCUT2D eigenvalue weighted by atomic mass is 16.5. The number of methoxy groups -OCH3 is 1. The lowest BCUT2D eigenvalue weighted by atomic mass is 9.90. The van der Waals surface area contributed by atoms with E-state index >= 15 is 0 Å². The molecule has 0 saturated heterocycles. The Morgan fingerprint density at radius 2 is 2.00 bits per heavy atom. The molecule has 1 aliphatic rings. The topological polar surface area (TPSA) is 178 Å². The Morgan fingerprint density at radius 1 is 1.29 bits per heavy atom. The summed E-state index contributed by atoms with van der Waals surface area (Å²) in [5, 5.41) is 34.4. The Kier molecular flexibility index (Phi) is 4.55. The largest absolute Gasteiger partial charge is 0.507 e. The van der Waals surface area contributed by atoms with Gasteiger partial charge in [0.25, 0.3) is 0 Å². The number of hydrogen-bond acceptors (Lipinski definition) is 10. The van der Waals surface area contributed by atoms with Gasteiger partial charge in [-0.3, -0.25) is 5.32 Å². The molecule has 0 amide bonds. The zero-order valence-electron chi connectivity index (χ0n) is 15.5. The molecule has 1 aromatic carbocycles. The van der Waals surface area contributed by atoms with Gasteiger partial charge in [0.1, 0.15) is 40.8 Å². The summed E-state index contributed by atoms with van der Waals surface area (Å²) in [5.41, 5.74) is 14.2. The Hall–Kier alpha value is -4.18. The number of aromatic nitrogens is 1. The van der Waals surface area contributed by atoms with Crippen molar-refractivity contribution < 1.29 is 9.84 Å². The van der Waals surface area contributed by atoms with Crippen molar-refractivity contribution in [2.45, 2.75) is 19.9 Å². The van der Waals surface area contributed by atoms with Crippen molar-refractivity contribution in [3.05, 3.63) is 33.9 Å². The fraction of sp³-hybridized carbons (Fsp3) is 0.222. The molecule has 28 heavy (non-hydrogen) atoms. The number of nitrogen functional groups attached to an aromatic ring is 2. The molecule has 1 unspecified atom stereocenters. The first-order valence-electron chi connectivity index (χ1n) is 8.19. The monoisotopic (exact) mass is 378 g/mol. The number of hydrogen-bond donors (Lipinski definition) is 5. The second-order valence-electron chi connectivity index (χ2n) is 6.18. The Labute approximate surface area is 161 Å². The van der Waals surface area contributed by atoms with Crippen LogP contribution in [0, 0.1) is 36.6 Å². The predicted molar refractivity (Wildman–Crippen MR) is 104 cm³/mol. The van der Waals surface area contributed by atoms with Crippen LogP contribution < -0.4 is 26.8 Å². The number of phenols is 1. The number of ether oxygens (including phenoxy) is 1. The minimum absolute atomic E-state index is 0.00550. The third-order valence-electron chi connectivity index (χ3n) is 4.60. The van der Waals surface area contributed by atoms with Gasteiger partial charge in [-0.2, -0.15) is 10.5 Å². The van der Waals surface area contributed by atoms with Gasteiger partial charge < -0.3 is 26.6 Å². The van der Waals surface area contributed by atoms with Gasteiger partial charge in [-0.15, -0.1) is 0 Å². The average molecular weight is 378 g/mol. The number of fused-ring (bicyclic) bond motifs is 1. The molecule has 142 valence electrons. The van der Waals surface area contributed by atoms with Crippen molar-refractivity contribution in [1.29, 1.82) is 10.5 Å². The summed E-state index contributed by atoms with van der Waals surface area (Å²) >= 11 is 0. The van der Waals surface area contributed by atoms with Crippen molar-refractivity contribution in [2.75, 3.05) is 23.9 Å². The van der Waals surface area contributed by atoms with Crippen LogP contribution in [0.4, 0.5) is 17.3 Å². The molecule has 0 saturated carbocycles. The number of nitrogens with one attached hydrogen (secondary N) is 2. The fourth-order valence-electron chi connectivity index (χ4n) is 3.23. The van der Waals surface area contributed by atoms with Crippen LogP contribution >= 0.6 is 0 Å². The van der Waals surface area contributed by atoms with Gasteiger partial charge in [-0.05, 0) is 25.5 Å². The molecule has 7 N–H and O–H groups in total. The third kappa shape index (κ3) is 2.73. The number of nitrogens with zero attached hydrogens (tertiary/aromatic N) is 4. The molecule has 1 aromatic heterocycles. The quantitative estimate of drug-likeness (QED) is 0.381. The SMILES string of the molecule is COc1cc(C)c(O)c(C2N=C(NC#N)Nc3nc(N)c(C#N)c(N)c32)c1C. The highest BCUT2D eigenvalue weighted by Crippen LogP contribution is 2.46. The molecule has 1 aliphatic heterocycles. The number of anilines is 3.